The molecule has 2 atom stereocenters. The molecule has 1 aliphatic heterocycles. The molecule has 18 heavy (non-hydrogen) atoms. The van der Waals surface area contributed by atoms with E-state index in [9.17, 15) is 14.4 Å². The molecule has 8 nitrogen and oxygen atoms in total. The lowest BCUT2D eigenvalue weighted by molar-refractivity contribution is -0.143. The maximum absolute atomic E-state index is 11.4. The SMILES string of the molecule is COC(=O)NC(=O)CN(C)C1COCC1C(=O)O. The van der Waals surface area contributed by atoms with E-state index in [1.165, 1.54) is 0 Å². The zero-order chi connectivity index (χ0) is 13.7. The standard InChI is InChI=1S/C10H16N2O6/c1-12(3-8(13)11-10(16)17-2)7-5-18-4-6(7)9(14)15/h6-7H,3-5H2,1-2H3,(H,14,15)(H,11,13,16). The summed E-state index contributed by atoms with van der Waals surface area (Å²) in [5.41, 5.74) is 0. The number of nitrogens with zero attached hydrogens (tertiary/aromatic N) is 1. The van der Waals surface area contributed by atoms with Gasteiger partial charge in [-0.05, 0) is 7.05 Å². The van der Waals surface area contributed by atoms with E-state index >= 15 is 0 Å². The summed E-state index contributed by atoms with van der Waals surface area (Å²) < 4.78 is 9.37. The molecule has 8 heteroatoms. The van der Waals surface area contributed by atoms with Crippen molar-refractivity contribution in [3.05, 3.63) is 0 Å². The average Bonchev–Trinajstić information content (AvgIpc) is 2.77. The highest BCUT2D eigenvalue weighted by Gasteiger charge is 2.37. The van der Waals surface area contributed by atoms with Crippen LogP contribution in [0.15, 0.2) is 0 Å². The third kappa shape index (κ3) is 3.67. The number of carboxylic acid groups (broad SMARTS) is 1. The van der Waals surface area contributed by atoms with Crippen LogP contribution in [0.2, 0.25) is 0 Å². The molecule has 102 valence electrons. The van der Waals surface area contributed by atoms with Gasteiger partial charge in [0.25, 0.3) is 0 Å². The fourth-order valence-corrected chi connectivity index (χ4v) is 1.76. The van der Waals surface area contributed by atoms with E-state index in [0.717, 1.165) is 7.11 Å². The number of methoxy groups -OCH3 is 1. The van der Waals surface area contributed by atoms with Crippen LogP contribution in [-0.4, -0.2) is 67.9 Å². The van der Waals surface area contributed by atoms with E-state index in [1.54, 1.807) is 11.9 Å². The van der Waals surface area contributed by atoms with Gasteiger partial charge in [0.05, 0.1) is 32.8 Å². The second-order valence-electron chi connectivity index (χ2n) is 4.00. The van der Waals surface area contributed by atoms with Crippen LogP contribution in [0, 0.1) is 5.92 Å². The van der Waals surface area contributed by atoms with Gasteiger partial charge < -0.3 is 14.6 Å². The number of amides is 2. The number of carboxylic acids is 1. The maximum Gasteiger partial charge on any atom is 0.413 e. The largest absolute Gasteiger partial charge is 0.481 e. The van der Waals surface area contributed by atoms with Crippen molar-refractivity contribution in [2.45, 2.75) is 6.04 Å². The zero-order valence-electron chi connectivity index (χ0n) is 10.2. The van der Waals surface area contributed by atoms with E-state index in [2.05, 4.69) is 4.74 Å². The number of ether oxygens (including phenoxy) is 2. The van der Waals surface area contributed by atoms with E-state index in [-0.39, 0.29) is 25.8 Å². The molecule has 2 amide bonds. The fourth-order valence-electron chi connectivity index (χ4n) is 1.76. The predicted octanol–water partition coefficient (Wildman–Crippen LogP) is -1.10. The summed E-state index contributed by atoms with van der Waals surface area (Å²) in [6.07, 6.45) is -0.842. The topological polar surface area (TPSA) is 105 Å². The van der Waals surface area contributed by atoms with Gasteiger partial charge in [-0.25, -0.2) is 4.79 Å². The van der Waals surface area contributed by atoms with Crippen molar-refractivity contribution in [1.82, 2.24) is 10.2 Å². The van der Waals surface area contributed by atoms with Crippen molar-refractivity contribution in [1.29, 1.82) is 0 Å². The molecule has 1 saturated heterocycles. The van der Waals surface area contributed by atoms with Gasteiger partial charge in [-0.2, -0.15) is 0 Å². The third-order valence-electron chi connectivity index (χ3n) is 2.75. The second-order valence-corrected chi connectivity index (χ2v) is 4.00. The number of rotatable bonds is 4. The number of hydrogen-bond donors (Lipinski definition) is 2. The second kappa shape index (κ2) is 6.31. The molecule has 2 N–H and O–H groups in total. The Morgan fingerprint density at radius 2 is 2.11 bits per heavy atom. The summed E-state index contributed by atoms with van der Waals surface area (Å²) in [7, 11) is 2.75. The Morgan fingerprint density at radius 3 is 2.67 bits per heavy atom. The van der Waals surface area contributed by atoms with Crippen LogP contribution in [-0.2, 0) is 19.1 Å². The first kappa shape index (κ1) is 14.4. The normalized spacial score (nSPS) is 22.8. The molecule has 1 heterocycles. The van der Waals surface area contributed by atoms with Gasteiger partial charge in [0.15, 0.2) is 0 Å². The Labute approximate surface area is 104 Å². The summed E-state index contributed by atoms with van der Waals surface area (Å²) in [4.78, 5) is 34.7. The molecular weight excluding hydrogens is 244 g/mol. The van der Waals surface area contributed by atoms with Gasteiger partial charge in [0, 0.05) is 6.04 Å². The van der Waals surface area contributed by atoms with Crippen molar-refractivity contribution < 1.29 is 29.0 Å². The van der Waals surface area contributed by atoms with Crippen LogP contribution in [0.1, 0.15) is 0 Å². The van der Waals surface area contributed by atoms with Crippen LogP contribution in [0.4, 0.5) is 4.79 Å². The van der Waals surface area contributed by atoms with E-state index in [1.807, 2.05) is 5.32 Å². The highest BCUT2D eigenvalue weighted by atomic mass is 16.5. The highest BCUT2D eigenvalue weighted by molar-refractivity contribution is 5.92. The molecule has 1 aliphatic rings. The summed E-state index contributed by atoms with van der Waals surface area (Å²) in [6, 6.07) is -0.383. The van der Waals surface area contributed by atoms with Crippen LogP contribution < -0.4 is 5.32 Å². The van der Waals surface area contributed by atoms with Gasteiger partial charge in [0.2, 0.25) is 5.91 Å². The van der Waals surface area contributed by atoms with Gasteiger partial charge in [-0.3, -0.25) is 19.8 Å². The Bertz CT molecular complexity index is 345. The lowest BCUT2D eigenvalue weighted by Crippen LogP contribution is -2.46. The molecule has 0 aromatic heterocycles. The lowest BCUT2D eigenvalue weighted by atomic mass is 10.0. The number of alkyl carbamates (subject to hydrolysis) is 1. The molecule has 0 aromatic rings. The molecule has 0 radical (unpaired) electrons. The molecule has 0 saturated carbocycles. The quantitative estimate of drug-likeness (QED) is 0.661. The van der Waals surface area contributed by atoms with Crippen LogP contribution in [0.3, 0.4) is 0 Å². The fraction of sp³-hybridized carbons (Fsp3) is 0.700. The monoisotopic (exact) mass is 260 g/mol. The smallest absolute Gasteiger partial charge is 0.413 e. The molecule has 0 bridgehead atoms. The third-order valence-corrected chi connectivity index (χ3v) is 2.75. The van der Waals surface area contributed by atoms with E-state index in [4.69, 9.17) is 9.84 Å². The lowest BCUT2D eigenvalue weighted by Gasteiger charge is -2.25. The van der Waals surface area contributed by atoms with Crippen molar-refractivity contribution in [3.63, 3.8) is 0 Å². The van der Waals surface area contributed by atoms with E-state index in [0.29, 0.717) is 0 Å². The predicted molar refractivity (Wildman–Crippen MR) is 58.9 cm³/mol. The Hall–Kier alpha value is -1.67. The Balaban J connectivity index is 2.49. The van der Waals surface area contributed by atoms with Gasteiger partial charge >= 0.3 is 12.1 Å². The number of imide groups is 1. The van der Waals surface area contributed by atoms with Gasteiger partial charge in [-0.15, -0.1) is 0 Å². The Kier molecular flexibility index (Phi) is 5.05. The summed E-state index contributed by atoms with van der Waals surface area (Å²) in [5, 5.41) is 11.0. The first-order chi connectivity index (χ1) is 8.45. The zero-order valence-corrected chi connectivity index (χ0v) is 10.2. The van der Waals surface area contributed by atoms with Crippen molar-refractivity contribution in [3.8, 4) is 0 Å². The molecule has 0 aromatic carbocycles. The molecule has 1 fully saturated rings. The number of carbonyl (C=O) groups excluding carboxylic acids is 2. The van der Waals surface area contributed by atoms with Crippen molar-refractivity contribution in [2.75, 3.05) is 33.9 Å². The number of likely N-dealkylation sites (N-methyl/N-ethyl adjacent to an activating group) is 1. The van der Waals surface area contributed by atoms with Crippen molar-refractivity contribution in [2.24, 2.45) is 5.92 Å². The number of aliphatic carboxylic acids is 1. The summed E-state index contributed by atoms with van der Waals surface area (Å²) >= 11 is 0. The first-order valence-corrected chi connectivity index (χ1v) is 5.34. The average molecular weight is 260 g/mol. The highest BCUT2D eigenvalue weighted by Crippen LogP contribution is 2.18. The van der Waals surface area contributed by atoms with E-state index < -0.39 is 23.9 Å². The molecule has 2 unspecified atom stereocenters. The number of hydrogen-bond acceptors (Lipinski definition) is 6. The number of carbonyl (C=O) groups is 3. The van der Waals surface area contributed by atoms with Gasteiger partial charge in [0.1, 0.15) is 0 Å². The van der Waals surface area contributed by atoms with Gasteiger partial charge in [-0.1, -0.05) is 0 Å². The molecular formula is C10H16N2O6. The van der Waals surface area contributed by atoms with Crippen LogP contribution in [0.5, 0.6) is 0 Å². The first-order valence-electron chi connectivity index (χ1n) is 5.34. The maximum atomic E-state index is 11.4. The minimum absolute atomic E-state index is 0.104. The Morgan fingerprint density at radius 1 is 1.44 bits per heavy atom. The van der Waals surface area contributed by atoms with Crippen LogP contribution in [0.25, 0.3) is 0 Å². The summed E-state index contributed by atoms with van der Waals surface area (Å²) in [5.74, 6) is -2.18. The minimum Gasteiger partial charge on any atom is -0.481 e. The molecule has 1 rings (SSSR count). The molecule has 0 aliphatic carbocycles. The minimum atomic E-state index is -0.960. The summed E-state index contributed by atoms with van der Waals surface area (Å²) in [6.45, 7) is 0.273. The number of nitrogens with one attached hydrogen (secondary N) is 1. The molecule has 0 spiro atoms. The van der Waals surface area contributed by atoms with Crippen molar-refractivity contribution >= 4 is 18.0 Å². The van der Waals surface area contributed by atoms with Crippen LogP contribution >= 0.6 is 0 Å².